The van der Waals surface area contributed by atoms with Crippen molar-refractivity contribution in [3.05, 3.63) is 34.7 Å². The van der Waals surface area contributed by atoms with E-state index in [9.17, 15) is 0 Å². The van der Waals surface area contributed by atoms with E-state index in [4.69, 9.17) is 0 Å². The van der Waals surface area contributed by atoms with Gasteiger partial charge in [-0.05, 0) is 37.4 Å². The van der Waals surface area contributed by atoms with Gasteiger partial charge < -0.3 is 9.80 Å². The van der Waals surface area contributed by atoms with Crippen LogP contribution in [0.3, 0.4) is 0 Å². The summed E-state index contributed by atoms with van der Waals surface area (Å²) in [5, 5.41) is 1.47. The highest BCUT2D eigenvalue weighted by Crippen LogP contribution is 2.30. The quantitative estimate of drug-likeness (QED) is 0.849. The van der Waals surface area contributed by atoms with Crippen LogP contribution in [0.5, 0.6) is 0 Å². The monoisotopic (exact) mass is 274 g/mol. The molecule has 1 aromatic carbocycles. The molecule has 0 atom stereocenters. The first-order chi connectivity index (χ1) is 9.24. The summed E-state index contributed by atoms with van der Waals surface area (Å²) in [6.07, 6.45) is 1.19. The van der Waals surface area contributed by atoms with Crippen molar-refractivity contribution < 1.29 is 0 Å². The predicted octanol–water partition coefficient (Wildman–Crippen LogP) is 3.00. The minimum absolute atomic E-state index is 1.19. The van der Waals surface area contributed by atoms with Crippen molar-refractivity contribution in [1.29, 1.82) is 0 Å². The Balaban J connectivity index is 1.70. The summed E-state index contributed by atoms with van der Waals surface area (Å²) < 4.78 is 1.44. The molecule has 0 radical (unpaired) electrons. The maximum absolute atomic E-state index is 2.60. The van der Waals surface area contributed by atoms with Crippen LogP contribution in [0.15, 0.2) is 24.3 Å². The molecule has 2 heterocycles. The van der Waals surface area contributed by atoms with Crippen LogP contribution in [0.2, 0.25) is 0 Å². The van der Waals surface area contributed by atoms with Crippen LogP contribution in [-0.4, -0.2) is 49.6 Å². The molecule has 0 bridgehead atoms. The van der Waals surface area contributed by atoms with Crippen LogP contribution in [0.4, 0.5) is 0 Å². The summed E-state index contributed by atoms with van der Waals surface area (Å²) >= 11 is 1.94. The number of nitrogens with zero attached hydrogens (tertiary/aromatic N) is 2. The van der Waals surface area contributed by atoms with Crippen molar-refractivity contribution >= 4 is 21.4 Å². The normalized spacial score (nSPS) is 18.2. The van der Waals surface area contributed by atoms with Crippen molar-refractivity contribution in [3.8, 4) is 0 Å². The zero-order valence-corrected chi connectivity index (χ0v) is 12.7. The Kier molecular flexibility index (Phi) is 3.87. The minimum Gasteiger partial charge on any atom is -0.304 e. The molecular weight excluding hydrogens is 252 g/mol. The van der Waals surface area contributed by atoms with E-state index in [1.165, 1.54) is 54.1 Å². The Hall–Kier alpha value is -0.900. The average molecular weight is 274 g/mol. The van der Waals surface area contributed by atoms with Gasteiger partial charge in [0.2, 0.25) is 0 Å². The second-order valence-corrected chi connectivity index (χ2v) is 6.78. The molecule has 102 valence electrons. The number of thiophene rings is 1. The van der Waals surface area contributed by atoms with Crippen molar-refractivity contribution in [2.45, 2.75) is 13.3 Å². The van der Waals surface area contributed by atoms with Gasteiger partial charge in [-0.3, -0.25) is 0 Å². The van der Waals surface area contributed by atoms with E-state index >= 15 is 0 Å². The van der Waals surface area contributed by atoms with Gasteiger partial charge in [-0.2, -0.15) is 0 Å². The van der Waals surface area contributed by atoms with Gasteiger partial charge in [0, 0.05) is 42.3 Å². The number of hydrogen-bond donors (Lipinski definition) is 0. The zero-order chi connectivity index (χ0) is 13.2. The summed E-state index contributed by atoms with van der Waals surface area (Å²) in [5.41, 5.74) is 1.57. The lowest BCUT2D eigenvalue weighted by molar-refractivity contribution is 0.155. The molecule has 1 aromatic heterocycles. The summed E-state index contributed by atoms with van der Waals surface area (Å²) in [5.74, 6) is 0. The second kappa shape index (κ2) is 5.61. The molecule has 1 aliphatic rings. The van der Waals surface area contributed by atoms with Gasteiger partial charge in [0.15, 0.2) is 0 Å². The average Bonchev–Trinajstić information content (AvgIpc) is 2.74. The molecule has 0 amide bonds. The summed E-state index contributed by atoms with van der Waals surface area (Å²) in [6.45, 7) is 8.33. The molecule has 2 nitrogen and oxygen atoms in total. The number of fused-ring (bicyclic) bond motifs is 1. The Morgan fingerprint density at radius 3 is 2.63 bits per heavy atom. The molecule has 0 N–H and O–H groups in total. The molecule has 1 fully saturated rings. The summed E-state index contributed by atoms with van der Waals surface area (Å²) in [7, 11) is 2.22. The van der Waals surface area contributed by atoms with Crippen LogP contribution >= 0.6 is 11.3 Å². The van der Waals surface area contributed by atoms with Gasteiger partial charge in [-0.1, -0.05) is 18.2 Å². The second-order valence-electron chi connectivity index (χ2n) is 5.53. The Bertz CT molecular complexity index is 553. The first kappa shape index (κ1) is 13.1. The molecule has 1 aliphatic heterocycles. The first-order valence-electron chi connectivity index (χ1n) is 7.12. The molecule has 19 heavy (non-hydrogen) atoms. The third kappa shape index (κ3) is 2.83. The van der Waals surface area contributed by atoms with E-state index in [0.29, 0.717) is 0 Å². The molecule has 3 rings (SSSR count). The lowest BCUT2D eigenvalue weighted by atomic mass is 10.1. The van der Waals surface area contributed by atoms with E-state index in [1.807, 2.05) is 11.3 Å². The van der Waals surface area contributed by atoms with Crippen LogP contribution in [0.1, 0.15) is 10.4 Å². The van der Waals surface area contributed by atoms with Crippen molar-refractivity contribution in [3.63, 3.8) is 0 Å². The molecule has 0 saturated carbocycles. The number of aryl methyl sites for hydroxylation is 1. The molecule has 3 heteroatoms. The third-order valence-corrected chi connectivity index (χ3v) is 5.30. The Labute approximate surface area is 119 Å². The van der Waals surface area contributed by atoms with Gasteiger partial charge >= 0.3 is 0 Å². The molecular formula is C16H22N2S. The standard InChI is InChI=1S/C16H22N2S/c1-13-14(15-5-3-4-6-16(15)19-13)7-8-18-11-9-17(2)10-12-18/h3-6H,7-12H2,1-2H3. The van der Waals surface area contributed by atoms with Crippen LogP contribution < -0.4 is 0 Å². The highest BCUT2D eigenvalue weighted by molar-refractivity contribution is 7.19. The van der Waals surface area contributed by atoms with Gasteiger partial charge in [0.25, 0.3) is 0 Å². The predicted molar refractivity (Wildman–Crippen MR) is 84.2 cm³/mol. The number of piperazine rings is 1. The fourth-order valence-corrected chi connectivity index (χ4v) is 3.99. The van der Waals surface area contributed by atoms with Crippen molar-refractivity contribution in [2.75, 3.05) is 39.8 Å². The first-order valence-corrected chi connectivity index (χ1v) is 7.93. The number of likely N-dealkylation sites (N-methyl/N-ethyl adjacent to an activating group) is 1. The Morgan fingerprint density at radius 2 is 1.84 bits per heavy atom. The molecule has 1 saturated heterocycles. The highest BCUT2D eigenvalue weighted by atomic mass is 32.1. The summed E-state index contributed by atoms with van der Waals surface area (Å²) in [6, 6.07) is 8.82. The maximum atomic E-state index is 2.60. The smallest absolute Gasteiger partial charge is 0.0348 e. The van der Waals surface area contributed by atoms with E-state index in [0.717, 1.165) is 0 Å². The number of rotatable bonds is 3. The van der Waals surface area contributed by atoms with Gasteiger partial charge in [0.05, 0.1) is 0 Å². The highest BCUT2D eigenvalue weighted by Gasteiger charge is 2.15. The maximum Gasteiger partial charge on any atom is 0.0348 e. The molecule has 2 aromatic rings. The topological polar surface area (TPSA) is 6.48 Å². The van der Waals surface area contributed by atoms with Crippen LogP contribution in [0, 0.1) is 6.92 Å². The molecule has 0 unspecified atom stereocenters. The minimum atomic E-state index is 1.19. The van der Waals surface area contributed by atoms with E-state index in [1.54, 1.807) is 5.56 Å². The van der Waals surface area contributed by atoms with Crippen LogP contribution in [-0.2, 0) is 6.42 Å². The Morgan fingerprint density at radius 1 is 1.11 bits per heavy atom. The van der Waals surface area contributed by atoms with Crippen molar-refractivity contribution in [2.24, 2.45) is 0 Å². The molecule has 0 aliphatic carbocycles. The zero-order valence-electron chi connectivity index (χ0n) is 11.9. The number of hydrogen-bond acceptors (Lipinski definition) is 3. The lowest BCUT2D eigenvalue weighted by Crippen LogP contribution is -2.45. The van der Waals surface area contributed by atoms with Gasteiger partial charge in [0.1, 0.15) is 0 Å². The lowest BCUT2D eigenvalue weighted by Gasteiger charge is -2.32. The van der Waals surface area contributed by atoms with Crippen LogP contribution in [0.25, 0.3) is 10.1 Å². The van der Waals surface area contributed by atoms with E-state index in [-0.39, 0.29) is 0 Å². The summed E-state index contributed by atoms with van der Waals surface area (Å²) in [4.78, 5) is 6.52. The van der Waals surface area contributed by atoms with Crippen molar-refractivity contribution in [1.82, 2.24) is 9.80 Å². The third-order valence-electron chi connectivity index (χ3n) is 4.17. The fraction of sp³-hybridized carbons (Fsp3) is 0.500. The van der Waals surface area contributed by atoms with Gasteiger partial charge in [-0.25, -0.2) is 0 Å². The van der Waals surface area contributed by atoms with Gasteiger partial charge in [-0.15, -0.1) is 11.3 Å². The molecule has 0 spiro atoms. The SMILES string of the molecule is Cc1sc2ccccc2c1CCN1CCN(C)CC1. The van der Waals surface area contributed by atoms with E-state index in [2.05, 4.69) is 48.0 Å². The van der Waals surface area contributed by atoms with E-state index < -0.39 is 0 Å². The number of benzene rings is 1. The fourth-order valence-electron chi connectivity index (χ4n) is 2.87. The largest absolute Gasteiger partial charge is 0.304 e.